The number of fused-ring (bicyclic) bond motifs is 2. The predicted octanol–water partition coefficient (Wildman–Crippen LogP) is 4.00. The molecule has 0 unspecified atom stereocenters. The van der Waals surface area contributed by atoms with E-state index in [1.807, 2.05) is 56.4 Å². The molecule has 1 aliphatic rings. The van der Waals surface area contributed by atoms with Gasteiger partial charge in [0.15, 0.2) is 4.80 Å². The maximum atomic E-state index is 13.9. The average Bonchev–Trinajstić information content (AvgIpc) is 3.32. The molecule has 0 radical (unpaired) electrons. The number of ether oxygens (including phenoxy) is 2. The van der Waals surface area contributed by atoms with Gasteiger partial charge in [0.2, 0.25) is 0 Å². The van der Waals surface area contributed by atoms with E-state index in [1.54, 1.807) is 18.4 Å². The van der Waals surface area contributed by atoms with Gasteiger partial charge in [0.1, 0.15) is 5.75 Å². The molecule has 0 amide bonds. The highest BCUT2D eigenvalue weighted by Crippen LogP contribution is 2.32. The fourth-order valence-electron chi connectivity index (χ4n) is 4.88. The Hall–Kier alpha value is -3.91. The van der Waals surface area contributed by atoms with E-state index in [2.05, 4.69) is 28.6 Å². The van der Waals surface area contributed by atoms with Crippen molar-refractivity contribution in [1.82, 2.24) is 9.13 Å². The minimum Gasteiger partial charge on any atom is -0.494 e. The van der Waals surface area contributed by atoms with Crippen LogP contribution in [0.2, 0.25) is 0 Å². The van der Waals surface area contributed by atoms with Gasteiger partial charge < -0.3 is 14.0 Å². The predicted molar refractivity (Wildman–Crippen MR) is 146 cm³/mol. The summed E-state index contributed by atoms with van der Waals surface area (Å²) in [7, 11) is 2.03. The Morgan fingerprint density at radius 2 is 1.81 bits per heavy atom. The fourth-order valence-corrected chi connectivity index (χ4v) is 5.91. The molecule has 4 aromatic rings. The molecular formula is C29H29N3O4S. The Kier molecular flexibility index (Phi) is 6.60. The molecule has 0 bridgehead atoms. The summed E-state index contributed by atoms with van der Waals surface area (Å²) in [6.07, 6.45) is 1.94. The monoisotopic (exact) mass is 515 g/mol. The van der Waals surface area contributed by atoms with E-state index in [4.69, 9.17) is 9.47 Å². The molecule has 0 saturated carbocycles. The lowest BCUT2D eigenvalue weighted by Gasteiger charge is -2.24. The van der Waals surface area contributed by atoms with Crippen molar-refractivity contribution in [3.63, 3.8) is 0 Å². The third kappa shape index (κ3) is 4.21. The van der Waals surface area contributed by atoms with Crippen molar-refractivity contribution in [2.24, 2.45) is 12.0 Å². The third-order valence-electron chi connectivity index (χ3n) is 6.75. The lowest BCUT2D eigenvalue weighted by molar-refractivity contribution is -0.139. The van der Waals surface area contributed by atoms with Gasteiger partial charge in [0, 0.05) is 29.2 Å². The van der Waals surface area contributed by atoms with Crippen LogP contribution in [0.25, 0.3) is 17.0 Å². The highest BCUT2D eigenvalue weighted by molar-refractivity contribution is 7.07. The average molecular weight is 516 g/mol. The first-order valence-corrected chi connectivity index (χ1v) is 13.1. The van der Waals surface area contributed by atoms with Crippen molar-refractivity contribution in [2.75, 3.05) is 13.2 Å². The number of thiazole rings is 1. The number of para-hydroxylation sites is 1. The van der Waals surface area contributed by atoms with Crippen LogP contribution in [0.4, 0.5) is 0 Å². The molecule has 7 nitrogen and oxygen atoms in total. The van der Waals surface area contributed by atoms with Gasteiger partial charge in [-0.05, 0) is 57.5 Å². The van der Waals surface area contributed by atoms with Gasteiger partial charge in [-0.15, -0.1) is 0 Å². The summed E-state index contributed by atoms with van der Waals surface area (Å²) in [5.41, 5.74) is 4.68. The fraction of sp³-hybridized carbons (Fsp3) is 0.276. The zero-order chi connectivity index (χ0) is 26.3. The molecule has 190 valence electrons. The number of hydrogen-bond donors (Lipinski definition) is 0. The molecule has 0 fully saturated rings. The Balaban J connectivity index is 1.74. The lowest BCUT2D eigenvalue weighted by atomic mass is 9.96. The minimum atomic E-state index is -0.651. The second-order valence-electron chi connectivity index (χ2n) is 8.88. The summed E-state index contributed by atoms with van der Waals surface area (Å²) in [5.74, 6) is 0.255. The van der Waals surface area contributed by atoms with Crippen molar-refractivity contribution in [3.8, 4) is 5.75 Å². The van der Waals surface area contributed by atoms with Gasteiger partial charge in [-0.25, -0.2) is 9.79 Å². The largest absolute Gasteiger partial charge is 0.494 e. The molecule has 3 heterocycles. The van der Waals surface area contributed by atoms with Crippen LogP contribution in [-0.4, -0.2) is 28.3 Å². The highest BCUT2D eigenvalue weighted by atomic mass is 32.1. The first-order chi connectivity index (χ1) is 17.8. The van der Waals surface area contributed by atoms with Crippen LogP contribution in [0.15, 0.2) is 69.6 Å². The van der Waals surface area contributed by atoms with E-state index in [0.29, 0.717) is 27.2 Å². The summed E-state index contributed by atoms with van der Waals surface area (Å²) in [5, 5.41) is 1.08. The maximum absolute atomic E-state index is 13.9. The third-order valence-corrected chi connectivity index (χ3v) is 7.73. The quantitative estimate of drug-likeness (QED) is 0.364. The van der Waals surface area contributed by atoms with E-state index in [9.17, 15) is 9.59 Å². The normalized spacial score (nSPS) is 15.6. The lowest BCUT2D eigenvalue weighted by Crippen LogP contribution is -2.39. The van der Waals surface area contributed by atoms with E-state index >= 15 is 0 Å². The molecule has 0 saturated heterocycles. The van der Waals surface area contributed by atoms with Gasteiger partial charge >= 0.3 is 5.97 Å². The van der Waals surface area contributed by atoms with E-state index in [1.165, 1.54) is 11.3 Å². The number of allylic oxidation sites excluding steroid dienone is 1. The number of aromatic nitrogens is 2. The number of carbonyl (C=O) groups is 1. The molecule has 0 aliphatic carbocycles. The minimum absolute atomic E-state index is 0.190. The van der Waals surface area contributed by atoms with Crippen LogP contribution >= 0.6 is 11.3 Å². The van der Waals surface area contributed by atoms with E-state index in [0.717, 1.165) is 33.5 Å². The van der Waals surface area contributed by atoms with Crippen molar-refractivity contribution in [1.29, 1.82) is 0 Å². The number of esters is 1. The van der Waals surface area contributed by atoms with Crippen molar-refractivity contribution >= 4 is 34.3 Å². The van der Waals surface area contributed by atoms with Crippen LogP contribution in [-0.2, 0) is 16.6 Å². The molecule has 0 N–H and O–H groups in total. The summed E-state index contributed by atoms with van der Waals surface area (Å²) >= 11 is 1.33. The Morgan fingerprint density at radius 3 is 2.51 bits per heavy atom. The first kappa shape index (κ1) is 24.8. The maximum Gasteiger partial charge on any atom is 0.338 e. The van der Waals surface area contributed by atoms with Gasteiger partial charge in [-0.1, -0.05) is 41.7 Å². The topological polar surface area (TPSA) is 74.8 Å². The molecule has 2 aromatic carbocycles. The van der Waals surface area contributed by atoms with Crippen molar-refractivity contribution in [3.05, 3.63) is 96.3 Å². The van der Waals surface area contributed by atoms with E-state index < -0.39 is 12.0 Å². The molecule has 1 atom stereocenters. The first-order valence-electron chi connectivity index (χ1n) is 12.3. The van der Waals surface area contributed by atoms with Crippen molar-refractivity contribution < 1.29 is 14.3 Å². The SMILES string of the molecule is CCOC(=O)C1=C(C)N=c2s/c(=C/c3c(C)n(C)c4ccccc34)c(=O)n2[C@@H]1c1ccc(OCC)cc1. The van der Waals surface area contributed by atoms with Crippen LogP contribution < -0.4 is 19.6 Å². The van der Waals surface area contributed by atoms with E-state index in [-0.39, 0.29) is 12.2 Å². The van der Waals surface area contributed by atoms with Gasteiger partial charge in [-0.2, -0.15) is 0 Å². The Morgan fingerprint density at radius 1 is 1.08 bits per heavy atom. The number of aryl methyl sites for hydroxylation is 1. The zero-order valence-corrected chi connectivity index (χ0v) is 22.4. The Labute approximate surface area is 218 Å². The second kappa shape index (κ2) is 9.86. The number of rotatable bonds is 6. The smallest absolute Gasteiger partial charge is 0.338 e. The van der Waals surface area contributed by atoms with Crippen LogP contribution in [0, 0.1) is 6.92 Å². The van der Waals surface area contributed by atoms with Crippen molar-refractivity contribution in [2.45, 2.75) is 33.7 Å². The molecule has 5 rings (SSSR count). The number of nitrogens with zero attached hydrogens (tertiary/aromatic N) is 3. The highest BCUT2D eigenvalue weighted by Gasteiger charge is 2.33. The molecule has 1 aliphatic heterocycles. The summed E-state index contributed by atoms with van der Waals surface area (Å²) in [6.45, 7) is 8.32. The summed E-state index contributed by atoms with van der Waals surface area (Å²) in [6, 6.07) is 15.0. The zero-order valence-electron chi connectivity index (χ0n) is 21.6. The molecule has 37 heavy (non-hydrogen) atoms. The van der Waals surface area contributed by atoms with Crippen LogP contribution in [0.5, 0.6) is 5.75 Å². The van der Waals surface area contributed by atoms with Crippen LogP contribution in [0.1, 0.15) is 43.6 Å². The van der Waals surface area contributed by atoms with Gasteiger partial charge in [-0.3, -0.25) is 9.36 Å². The molecule has 8 heteroatoms. The second-order valence-corrected chi connectivity index (χ2v) is 9.89. The molecule has 2 aromatic heterocycles. The van der Waals surface area contributed by atoms with Gasteiger partial charge in [0.25, 0.3) is 5.56 Å². The number of hydrogen-bond acceptors (Lipinski definition) is 6. The summed E-state index contributed by atoms with van der Waals surface area (Å²) in [4.78, 5) is 32.3. The molecule has 0 spiro atoms. The summed E-state index contributed by atoms with van der Waals surface area (Å²) < 4.78 is 15.3. The standard InChI is InChI=1S/C29H29N3O4S/c1-6-35-20-14-12-19(13-15-20)26-25(28(34)36-7-2)17(3)30-29-32(26)27(33)24(37-29)16-22-18(4)31(5)23-11-9-8-10-21(22)23/h8-16,26H,6-7H2,1-5H3/b24-16+/t26-/m1/s1. The Bertz CT molecular complexity index is 1720. The van der Waals surface area contributed by atoms with Crippen LogP contribution in [0.3, 0.4) is 0 Å². The van der Waals surface area contributed by atoms with Gasteiger partial charge in [0.05, 0.1) is 35.1 Å². The number of carbonyl (C=O) groups excluding carboxylic acids is 1. The molecular weight excluding hydrogens is 486 g/mol. The number of benzene rings is 2.